The molecule has 0 aliphatic heterocycles. The van der Waals surface area contributed by atoms with Gasteiger partial charge in [-0.05, 0) is 24.6 Å². The van der Waals surface area contributed by atoms with E-state index in [0.717, 1.165) is 5.56 Å². The lowest BCUT2D eigenvalue weighted by Gasteiger charge is -2.10. The Balaban J connectivity index is 1.97. The molecule has 0 bridgehead atoms. The fourth-order valence-corrected chi connectivity index (χ4v) is 4.20. The molecule has 0 amide bonds. The summed E-state index contributed by atoms with van der Waals surface area (Å²) in [6.07, 6.45) is 0. The minimum atomic E-state index is -3.36. The number of para-hydroxylation sites is 1. The lowest BCUT2D eigenvalue weighted by Crippen LogP contribution is -2.14. The highest BCUT2D eigenvalue weighted by molar-refractivity contribution is 14.2. The summed E-state index contributed by atoms with van der Waals surface area (Å²) in [4.78, 5) is 11.9. The van der Waals surface area contributed by atoms with Crippen LogP contribution in [0.5, 0.6) is 5.75 Å². The van der Waals surface area contributed by atoms with Gasteiger partial charge < -0.3 is 9.26 Å². The van der Waals surface area contributed by atoms with E-state index in [4.69, 9.17) is 9.26 Å². The Labute approximate surface area is 147 Å². The molecule has 0 saturated carbocycles. The van der Waals surface area contributed by atoms with Crippen LogP contribution in [-0.4, -0.2) is 11.7 Å². The SMILES string of the molecule is CC(=NP(=O)(I)Oc1ccccc1)C(=O)OCc1ccccc1. The van der Waals surface area contributed by atoms with Gasteiger partial charge in [0.2, 0.25) is 0 Å². The highest BCUT2D eigenvalue weighted by Gasteiger charge is 2.21. The van der Waals surface area contributed by atoms with Gasteiger partial charge in [-0.2, -0.15) is 4.76 Å². The van der Waals surface area contributed by atoms with E-state index in [1.807, 2.05) is 36.4 Å². The van der Waals surface area contributed by atoms with E-state index >= 15 is 0 Å². The number of nitrogens with zero attached hydrogens (tertiary/aromatic N) is 1. The first-order valence-corrected chi connectivity index (χ1v) is 11.1. The van der Waals surface area contributed by atoms with Crippen LogP contribution in [0, 0.1) is 0 Å². The number of esters is 1. The van der Waals surface area contributed by atoms with Gasteiger partial charge in [0, 0.05) is 0 Å². The van der Waals surface area contributed by atoms with Gasteiger partial charge in [0.05, 0.1) is 22.0 Å². The number of hydrogen-bond donors (Lipinski definition) is 0. The van der Waals surface area contributed by atoms with Gasteiger partial charge in [0.1, 0.15) is 18.1 Å². The molecule has 2 rings (SSSR count). The van der Waals surface area contributed by atoms with E-state index in [-0.39, 0.29) is 12.3 Å². The zero-order chi connectivity index (χ0) is 16.7. The fourth-order valence-electron chi connectivity index (χ4n) is 1.68. The summed E-state index contributed by atoms with van der Waals surface area (Å²) in [5.74, 6) is -0.193. The lowest BCUT2D eigenvalue weighted by atomic mass is 10.2. The minimum absolute atomic E-state index is 0.00888. The highest BCUT2D eigenvalue weighted by Crippen LogP contribution is 2.57. The molecule has 0 spiro atoms. The number of carbonyl (C=O) groups excluding carboxylic acids is 1. The van der Waals surface area contributed by atoms with Crippen LogP contribution in [-0.2, 0) is 20.7 Å². The van der Waals surface area contributed by atoms with Crippen molar-refractivity contribution in [3.05, 3.63) is 66.2 Å². The normalized spacial score (nSPS) is 13.9. The van der Waals surface area contributed by atoms with E-state index in [0.29, 0.717) is 5.75 Å². The molecule has 1 unspecified atom stereocenters. The van der Waals surface area contributed by atoms with Crippen LogP contribution in [0.15, 0.2) is 65.4 Å². The Bertz CT molecular complexity index is 734. The number of benzene rings is 2. The molecule has 0 radical (unpaired) electrons. The van der Waals surface area contributed by atoms with E-state index in [9.17, 15) is 9.36 Å². The van der Waals surface area contributed by atoms with Gasteiger partial charge in [0.15, 0.2) is 0 Å². The molecular weight excluding hydrogens is 428 g/mol. The second kappa shape index (κ2) is 8.26. The molecule has 0 heterocycles. The predicted octanol–water partition coefficient (Wildman–Crippen LogP) is 4.81. The summed E-state index contributed by atoms with van der Waals surface area (Å²) in [7, 11) is 0. The van der Waals surface area contributed by atoms with Crippen molar-refractivity contribution in [2.24, 2.45) is 4.76 Å². The molecule has 0 aromatic heterocycles. The summed E-state index contributed by atoms with van der Waals surface area (Å²) < 4.78 is 26.7. The maximum Gasteiger partial charge on any atom is 0.420 e. The van der Waals surface area contributed by atoms with Crippen LogP contribution in [0.4, 0.5) is 0 Å². The van der Waals surface area contributed by atoms with Gasteiger partial charge in [-0.25, -0.2) is 9.36 Å². The summed E-state index contributed by atoms with van der Waals surface area (Å²) in [6, 6.07) is 18.0. The fraction of sp³-hybridized carbons (Fsp3) is 0.125. The number of rotatable bonds is 6. The molecule has 0 fully saturated rings. The molecule has 5 nitrogen and oxygen atoms in total. The van der Waals surface area contributed by atoms with Gasteiger partial charge in [-0.15, -0.1) is 0 Å². The topological polar surface area (TPSA) is 65.0 Å². The largest absolute Gasteiger partial charge is 0.456 e. The van der Waals surface area contributed by atoms with Crippen LogP contribution in [0.25, 0.3) is 0 Å². The van der Waals surface area contributed by atoms with E-state index in [2.05, 4.69) is 4.76 Å². The predicted molar refractivity (Wildman–Crippen MR) is 98.0 cm³/mol. The van der Waals surface area contributed by atoms with Gasteiger partial charge in [-0.1, -0.05) is 48.5 Å². The maximum absolute atomic E-state index is 12.3. The Morgan fingerprint density at radius 3 is 2.26 bits per heavy atom. The Hall–Kier alpha value is -1.66. The maximum atomic E-state index is 12.3. The molecule has 23 heavy (non-hydrogen) atoms. The molecule has 0 saturated heterocycles. The standard InChI is InChI=1S/C16H15INO4P/c1-13(16(19)21-12-14-8-4-2-5-9-14)18-23(17,20)22-15-10-6-3-7-11-15/h2-11H,12H2,1H3. The molecular formula is C16H15INO4P. The van der Waals surface area contributed by atoms with Crippen LogP contribution in [0.3, 0.4) is 0 Å². The van der Waals surface area contributed by atoms with Crippen molar-refractivity contribution in [1.82, 2.24) is 0 Å². The Kier molecular flexibility index (Phi) is 6.36. The van der Waals surface area contributed by atoms with Crippen molar-refractivity contribution in [3.8, 4) is 5.75 Å². The average Bonchev–Trinajstić information content (AvgIpc) is 2.53. The number of carbonyl (C=O) groups is 1. The number of halogens is 1. The summed E-state index contributed by atoms with van der Waals surface area (Å²) in [5, 5.41) is -3.36. The van der Waals surface area contributed by atoms with E-state index in [1.54, 1.807) is 46.3 Å². The molecule has 7 heteroatoms. The van der Waals surface area contributed by atoms with Gasteiger partial charge in [-0.3, -0.25) is 0 Å². The Morgan fingerprint density at radius 2 is 1.65 bits per heavy atom. The van der Waals surface area contributed by atoms with Crippen LogP contribution in [0.2, 0.25) is 0 Å². The Morgan fingerprint density at radius 1 is 1.09 bits per heavy atom. The third-order valence-electron chi connectivity index (χ3n) is 2.74. The first kappa shape index (κ1) is 17.7. The van der Waals surface area contributed by atoms with Crippen LogP contribution >= 0.6 is 27.2 Å². The summed E-state index contributed by atoms with van der Waals surface area (Å²) in [6.45, 7) is 1.59. The van der Waals surface area contributed by atoms with Crippen LogP contribution < -0.4 is 4.52 Å². The zero-order valence-corrected chi connectivity index (χ0v) is 15.4. The van der Waals surface area contributed by atoms with Crippen molar-refractivity contribution in [3.63, 3.8) is 0 Å². The van der Waals surface area contributed by atoms with Crippen molar-refractivity contribution >= 4 is 38.9 Å². The molecule has 2 aromatic carbocycles. The molecule has 0 aliphatic carbocycles. The molecule has 1 atom stereocenters. The smallest absolute Gasteiger partial charge is 0.420 e. The van der Waals surface area contributed by atoms with Crippen molar-refractivity contribution in [2.45, 2.75) is 13.5 Å². The van der Waals surface area contributed by atoms with Crippen molar-refractivity contribution < 1.29 is 18.6 Å². The minimum Gasteiger partial charge on any atom is -0.456 e. The van der Waals surface area contributed by atoms with E-state index in [1.165, 1.54) is 6.92 Å². The summed E-state index contributed by atoms with van der Waals surface area (Å²) in [5.41, 5.74) is 0.876. The second-order valence-electron chi connectivity index (χ2n) is 4.60. The lowest BCUT2D eigenvalue weighted by molar-refractivity contribution is -0.136. The van der Waals surface area contributed by atoms with E-state index < -0.39 is 11.1 Å². The molecule has 2 aromatic rings. The molecule has 0 N–H and O–H groups in total. The number of hydrogen-bond acceptors (Lipinski definition) is 4. The quantitative estimate of drug-likeness (QED) is 0.278. The van der Waals surface area contributed by atoms with Gasteiger partial charge >= 0.3 is 11.1 Å². The van der Waals surface area contributed by atoms with Crippen LogP contribution in [0.1, 0.15) is 12.5 Å². The third-order valence-corrected chi connectivity index (χ3v) is 4.95. The number of ether oxygens (including phenoxy) is 1. The zero-order valence-electron chi connectivity index (χ0n) is 12.4. The monoisotopic (exact) mass is 443 g/mol. The third kappa shape index (κ3) is 6.15. The van der Waals surface area contributed by atoms with Crippen molar-refractivity contribution in [1.29, 1.82) is 0 Å². The van der Waals surface area contributed by atoms with Gasteiger partial charge in [0.25, 0.3) is 0 Å². The first-order valence-electron chi connectivity index (χ1n) is 6.78. The van der Waals surface area contributed by atoms with Crippen molar-refractivity contribution in [2.75, 3.05) is 0 Å². The molecule has 120 valence electrons. The first-order chi connectivity index (χ1) is 11.0. The average molecular weight is 443 g/mol. The molecule has 0 aliphatic rings. The summed E-state index contributed by atoms with van der Waals surface area (Å²) >= 11 is 1.61. The second-order valence-corrected chi connectivity index (χ2v) is 9.55. The highest BCUT2D eigenvalue weighted by atomic mass is 127.